The molecule has 0 spiro atoms. The van der Waals surface area contributed by atoms with Gasteiger partial charge in [0.15, 0.2) is 0 Å². The average molecular weight is 218 g/mol. The Balaban J connectivity index is 1.79. The van der Waals surface area contributed by atoms with Gasteiger partial charge < -0.3 is 4.90 Å². The van der Waals surface area contributed by atoms with E-state index in [1.165, 1.54) is 19.3 Å². The molecule has 0 amide bonds. The lowest BCUT2D eigenvalue weighted by molar-refractivity contribution is 0.254. The summed E-state index contributed by atoms with van der Waals surface area (Å²) in [5.74, 6) is 1.03. The minimum atomic E-state index is 0.703. The van der Waals surface area contributed by atoms with Gasteiger partial charge >= 0.3 is 0 Å². The SMILES string of the molecule is CN1[C@H]2CC[C@H]1CN(c1cnccn1)CC2. The molecule has 1 aromatic rings. The Morgan fingerprint density at radius 3 is 2.88 bits per heavy atom. The van der Waals surface area contributed by atoms with E-state index >= 15 is 0 Å². The molecule has 1 aromatic heterocycles. The van der Waals surface area contributed by atoms with Crippen molar-refractivity contribution in [2.45, 2.75) is 31.3 Å². The molecule has 0 aromatic carbocycles. The van der Waals surface area contributed by atoms with Crippen LogP contribution in [-0.2, 0) is 0 Å². The van der Waals surface area contributed by atoms with Gasteiger partial charge in [0.25, 0.3) is 0 Å². The molecule has 0 aliphatic carbocycles. The molecule has 2 fully saturated rings. The fourth-order valence-corrected chi connectivity index (χ4v) is 2.97. The van der Waals surface area contributed by atoms with Crippen LogP contribution in [0.4, 0.5) is 5.82 Å². The van der Waals surface area contributed by atoms with E-state index in [1.54, 1.807) is 12.4 Å². The molecule has 4 nitrogen and oxygen atoms in total. The maximum atomic E-state index is 4.40. The number of aromatic nitrogens is 2. The summed E-state index contributed by atoms with van der Waals surface area (Å²) >= 11 is 0. The second-order valence-electron chi connectivity index (χ2n) is 4.85. The van der Waals surface area contributed by atoms with Crippen molar-refractivity contribution in [1.29, 1.82) is 0 Å². The van der Waals surface area contributed by atoms with Crippen LogP contribution in [0.3, 0.4) is 0 Å². The normalized spacial score (nSPS) is 30.4. The van der Waals surface area contributed by atoms with Crippen LogP contribution in [0, 0.1) is 0 Å². The van der Waals surface area contributed by atoms with Crippen molar-refractivity contribution in [3.63, 3.8) is 0 Å². The Morgan fingerprint density at radius 2 is 2.06 bits per heavy atom. The van der Waals surface area contributed by atoms with Gasteiger partial charge in [-0.15, -0.1) is 0 Å². The lowest BCUT2D eigenvalue weighted by Crippen LogP contribution is -2.36. The zero-order valence-electron chi connectivity index (χ0n) is 9.71. The van der Waals surface area contributed by atoms with E-state index in [-0.39, 0.29) is 0 Å². The lowest BCUT2D eigenvalue weighted by Gasteiger charge is -2.26. The first-order valence-corrected chi connectivity index (χ1v) is 6.07. The third kappa shape index (κ3) is 1.67. The largest absolute Gasteiger partial charge is 0.354 e. The number of anilines is 1. The molecule has 4 heteroatoms. The Morgan fingerprint density at radius 1 is 1.19 bits per heavy atom. The van der Waals surface area contributed by atoms with Gasteiger partial charge in [0.2, 0.25) is 0 Å². The molecular weight excluding hydrogens is 200 g/mol. The summed E-state index contributed by atoms with van der Waals surface area (Å²) in [6, 6.07) is 1.49. The van der Waals surface area contributed by atoms with Crippen molar-refractivity contribution in [3.8, 4) is 0 Å². The predicted molar refractivity (Wildman–Crippen MR) is 63.4 cm³/mol. The van der Waals surface area contributed by atoms with Crippen LogP contribution in [0.2, 0.25) is 0 Å². The second kappa shape index (κ2) is 4.01. The third-order valence-corrected chi connectivity index (χ3v) is 4.02. The first-order valence-electron chi connectivity index (χ1n) is 6.07. The molecule has 0 unspecified atom stereocenters. The average Bonchev–Trinajstić information content (AvgIpc) is 2.54. The molecule has 0 N–H and O–H groups in total. The quantitative estimate of drug-likeness (QED) is 0.708. The standard InChI is InChI=1S/C12H18N4/c1-15-10-2-3-11(15)9-16(7-4-10)12-8-13-5-6-14-12/h5-6,8,10-11H,2-4,7,9H2,1H3/t10-,11-/m0/s1. The number of hydrogen-bond donors (Lipinski definition) is 0. The molecule has 3 heterocycles. The molecule has 16 heavy (non-hydrogen) atoms. The zero-order valence-corrected chi connectivity index (χ0v) is 9.71. The highest BCUT2D eigenvalue weighted by Crippen LogP contribution is 2.29. The van der Waals surface area contributed by atoms with Gasteiger partial charge in [-0.05, 0) is 26.3 Å². The van der Waals surface area contributed by atoms with E-state index in [2.05, 4.69) is 26.8 Å². The summed E-state index contributed by atoms with van der Waals surface area (Å²) in [5.41, 5.74) is 0. The van der Waals surface area contributed by atoms with Crippen molar-refractivity contribution in [2.75, 3.05) is 25.0 Å². The van der Waals surface area contributed by atoms with Gasteiger partial charge in [-0.2, -0.15) is 0 Å². The van der Waals surface area contributed by atoms with Crippen molar-refractivity contribution < 1.29 is 0 Å². The van der Waals surface area contributed by atoms with E-state index in [4.69, 9.17) is 0 Å². The number of fused-ring (bicyclic) bond motifs is 2. The molecule has 2 atom stereocenters. The Labute approximate surface area is 96.3 Å². The number of hydrogen-bond acceptors (Lipinski definition) is 4. The third-order valence-electron chi connectivity index (χ3n) is 4.02. The maximum absolute atomic E-state index is 4.40. The van der Waals surface area contributed by atoms with Crippen LogP contribution in [0.25, 0.3) is 0 Å². The fraction of sp³-hybridized carbons (Fsp3) is 0.667. The van der Waals surface area contributed by atoms with E-state index in [0.717, 1.165) is 24.9 Å². The van der Waals surface area contributed by atoms with Crippen LogP contribution in [0.5, 0.6) is 0 Å². The number of rotatable bonds is 1. The summed E-state index contributed by atoms with van der Waals surface area (Å²) in [6.07, 6.45) is 9.35. The van der Waals surface area contributed by atoms with E-state index < -0.39 is 0 Å². The minimum Gasteiger partial charge on any atom is -0.354 e. The van der Waals surface area contributed by atoms with Gasteiger partial charge in [0.1, 0.15) is 5.82 Å². The van der Waals surface area contributed by atoms with Crippen LogP contribution in [0.1, 0.15) is 19.3 Å². The summed E-state index contributed by atoms with van der Waals surface area (Å²) in [4.78, 5) is 13.5. The van der Waals surface area contributed by atoms with Crippen molar-refractivity contribution >= 4 is 5.82 Å². The van der Waals surface area contributed by atoms with E-state index in [9.17, 15) is 0 Å². The highest BCUT2D eigenvalue weighted by Gasteiger charge is 2.34. The Hall–Kier alpha value is -1.16. The van der Waals surface area contributed by atoms with Gasteiger partial charge in [-0.25, -0.2) is 4.98 Å². The van der Waals surface area contributed by atoms with Gasteiger partial charge in [-0.1, -0.05) is 0 Å². The Bertz CT molecular complexity index is 353. The number of nitrogens with zero attached hydrogens (tertiary/aromatic N) is 4. The molecule has 2 aliphatic rings. The molecule has 0 saturated carbocycles. The van der Waals surface area contributed by atoms with Crippen LogP contribution < -0.4 is 4.90 Å². The van der Waals surface area contributed by atoms with E-state index in [0.29, 0.717) is 6.04 Å². The zero-order chi connectivity index (χ0) is 11.0. The topological polar surface area (TPSA) is 32.3 Å². The molecule has 86 valence electrons. The van der Waals surface area contributed by atoms with Crippen molar-refractivity contribution in [3.05, 3.63) is 18.6 Å². The maximum Gasteiger partial charge on any atom is 0.147 e. The Kier molecular flexibility index (Phi) is 2.52. The van der Waals surface area contributed by atoms with Crippen molar-refractivity contribution in [1.82, 2.24) is 14.9 Å². The van der Waals surface area contributed by atoms with Gasteiger partial charge in [-0.3, -0.25) is 9.88 Å². The summed E-state index contributed by atoms with van der Waals surface area (Å²) < 4.78 is 0. The summed E-state index contributed by atoms with van der Waals surface area (Å²) in [5, 5.41) is 0. The fourth-order valence-electron chi connectivity index (χ4n) is 2.97. The predicted octanol–water partition coefficient (Wildman–Crippen LogP) is 1.15. The molecule has 2 aliphatic heterocycles. The molecule has 2 saturated heterocycles. The van der Waals surface area contributed by atoms with Crippen LogP contribution >= 0.6 is 0 Å². The van der Waals surface area contributed by atoms with Gasteiger partial charge in [0, 0.05) is 37.6 Å². The highest BCUT2D eigenvalue weighted by atomic mass is 15.3. The lowest BCUT2D eigenvalue weighted by atomic mass is 10.1. The first-order chi connectivity index (χ1) is 7.84. The molecular formula is C12H18N4. The molecule has 3 rings (SSSR count). The summed E-state index contributed by atoms with van der Waals surface area (Å²) in [6.45, 7) is 2.22. The van der Waals surface area contributed by atoms with Crippen LogP contribution in [-0.4, -0.2) is 47.1 Å². The molecule has 0 radical (unpaired) electrons. The van der Waals surface area contributed by atoms with E-state index in [1.807, 2.05) is 6.20 Å². The highest BCUT2D eigenvalue weighted by molar-refractivity contribution is 5.36. The smallest absolute Gasteiger partial charge is 0.147 e. The van der Waals surface area contributed by atoms with Crippen LogP contribution in [0.15, 0.2) is 18.6 Å². The summed E-state index contributed by atoms with van der Waals surface area (Å²) in [7, 11) is 2.27. The number of likely N-dealkylation sites (N-methyl/N-ethyl adjacent to an activating group) is 1. The second-order valence-corrected chi connectivity index (χ2v) is 4.85. The van der Waals surface area contributed by atoms with Crippen molar-refractivity contribution in [2.24, 2.45) is 0 Å². The first kappa shape index (κ1) is 10.0. The molecule has 2 bridgehead atoms. The monoisotopic (exact) mass is 218 g/mol. The minimum absolute atomic E-state index is 0.703. The van der Waals surface area contributed by atoms with Gasteiger partial charge in [0.05, 0.1) is 6.20 Å².